The third-order valence-electron chi connectivity index (χ3n) is 6.72. The molecule has 0 unspecified atom stereocenters. The topological polar surface area (TPSA) is 0 Å². The second-order valence-corrected chi connectivity index (χ2v) is 26.0. The van der Waals surface area contributed by atoms with Crippen LogP contribution in [0, 0.1) is 0 Å². The fourth-order valence-electron chi connectivity index (χ4n) is 5.65. The van der Waals surface area contributed by atoms with E-state index >= 15 is 0 Å². The van der Waals surface area contributed by atoms with Gasteiger partial charge in [-0.25, -0.2) is 0 Å². The molecule has 0 fully saturated rings. The van der Waals surface area contributed by atoms with Gasteiger partial charge in [-0.3, -0.25) is 0 Å². The van der Waals surface area contributed by atoms with Crippen LogP contribution >= 0.6 is 15.8 Å². The van der Waals surface area contributed by atoms with E-state index in [4.69, 9.17) is 0 Å². The van der Waals surface area contributed by atoms with Crippen LogP contribution < -0.4 is 5.19 Å². The van der Waals surface area contributed by atoms with E-state index in [1.54, 1.807) is 21.9 Å². The average molecular weight is 509 g/mol. The molecule has 0 radical (unpaired) electrons. The number of benzene rings is 1. The van der Waals surface area contributed by atoms with Crippen molar-refractivity contribution in [2.24, 2.45) is 0 Å². The van der Waals surface area contributed by atoms with Crippen molar-refractivity contribution in [2.45, 2.75) is 155 Å². The number of hydrogen-bond acceptors (Lipinski definition) is 0. The highest BCUT2D eigenvalue weighted by Gasteiger charge is 2.38. The molecule has 33 heavy (non-hydrogen) atoms. The highest BCUT2D eigenvalue weighted by Crippen LogP contribution is 2.64. The molecule has 0 aliphatic rings. The Labute approximate surface area is 213 Å². The summed E-state index contributed by atoms with van der Waals surface area (Å²) in [5, 5.41) is 3.18. The van der Waals surface area contributed by atoms with Gasteiger partial charge < -0.3 is 0 Å². The Morgan fingerprint density at radius 1 is 0.576 bits per heavy atom. The van der Waals surface area contributed by atoms with Crippen molar-refractivity contribution >= 4 is 29.8 Å². The average Bonchev–Trinajstić information content (AvgIpc) is 2.51. The summed E-state index contributed by atoms with van der Waals surface area (Å²) < 4.78 is 0. The fourth-order valence-corrected chi connectivity index (χ4v) is 15.2. The first-order valence-corrected chi connectivity index (χ1v) is 19.0. The Balaban J connectivity index is 3.93. The molecule has 1 aromatic rings. The molecule has 0 spiro atoms. The summed E-state index contributed by atoms with van der Waals surface area (Å²) in [6, 6.07) is 5.08. The van der Waals surface area contributed by atoms with Crippen LogP contribution in [0.5, 0.6) is 0 Å². The summed E-state index contributed by atoms with van der Waals surface area (Å²) >= 11 is 0. The Bertz CT molecular complexity index is 759. The van der Waals surface area contributed by atoms with Gasteiger partial charge in [0.15, 0.2) is 0 Å². The fraction of sp³-hybridized carbons (Fsp3) is 0.800. The lowest BCUT2D eigenvalue weighted by Crippen LogP contribution is -2.38. The van der Waals surface area contributed by atoms with Gasteiger partial charge in [0.1, 0.15) is 0 Å². The minimum Gasteiger partial charge on any atom is -0.0911 e. The molecule has 1 aromatic carbocycles. The lowest BCUT2D eigenvalue weighted by molar-refractivity contribution is 0.593. The molecule has 0 saturated heterocycles. The van der Waals surface area contributed by atoms with Crippen LogP contribution in [0.15, 0.2) is 12.1 Å². The van der Waals surface area contributed by atoms with E-state index in [2.05, 4.69) is 129 Å². The second kappa shape index (κ2) is 10.3. The summed E-state index contributed by atoms with van der Waals surface area (Å²) in [7, 11) is -1.35. The summed E-state index contributed by atoms with van der Waals surface area (Å²) in [6.45, 7) is 42.1. The van der Waals surface area contributed by atoms with Crippen LogP contribution in [0.4, 0.5) is 0 Å². The van der Waals surface area contributed by atoms with E-state index in [0.717, 1.165) is 0 Å². The summed E-state index contributed by atoms with van der Waals surface area (Å²) in [6.07, 6.45) is 2.53. The predicted octanol–water partition coefficient (Wildman–Crippen LogP) is 9.84. The van der Waals surface area contributed by atoms with Gasteiger partial charge in [0.05, 0.1) is 8.80 Å². The van der Waals surface area contributed by atoms with Crippen LogP contribution in [-0.4, -0.2) is 29.4 Å². The molecule has 0 aliphatic heterocycles. The van der Waals surface area contributed by atoms with E-state index in [-0.39, 0.29) is 21.3 Å². The summed E-state index contributed by atoms with van der Waals surface area (Å²) in [5.74, 6) is 0. The molecular weight excluding hydrogens is 450 g/mol. The standard InChI is InChI=1S/C30H58P2Si/c1-26(2,3)24-19-18-22(20-31(27(4,5)6)28(7,8)9)23(25(24)33(16)17)21-32(29(10,11)12)30(13,14)15/h18-19,33H,20-21H2,1-17H3. The molecule has 0 nitrogen and oxygen atoms in total. The lowest BCUT2D eigenvalue weighted by atomic mass is 9.85. The molecule has 0 atom stereocenters. The van der Waals surface area contributed by atoms with Crippen molar-refractivity contribution < 1.29 is 0 Å². The molecule has 3 heteroatoms. The van der Waals surface area contributed by atoms with Crippen molar-refractivity contribution in [3.63, 3.8) is 0 Å². The number of rotatable bonds is 5. The maximum absolute atomic E-state index is 2.56. The normalized spacial score (nSPS) is 14.7. The van der Waals surface area contributed by atoms with Crippen molar-refractivity contribution in [2.75, 3.05) is 0 Å². The smallest absolute Gasteiger partial charge is 0.0655 e. The summed E-state index contributed by atoms with van der Waals surface area (Å²) in [4.78, 5) is 0. The van der Waals surface area contributed by atoms with Gasteiger partial charge in [-0.2, -0.15) is 0 Å². The zero-order valence-corrected chi connectivity index (χ0v) is 28.5. The van der Waals surface area contributed by atoms with Gasteiger partial charge in [-0.1, -0.05) is 150 Å². The first-order valence-electron chi connectivity index (χ1n) is 13.1. The van der Waals surface area contributed by atoms with Gasteiger partial charge in [0, 0.05) is 0 Å². The molecule has 1 rings (SSSR count). The Morgan fingerprint density at radius 2 is 0.939 bits per heavy atom. The quantitative estimate of drug-likeness (QED) is 0.274. The minimum absolute atomic E-state index is 0.163. The Morgan fingerprint density at radius 3 is 1.24 bits per heavy atom. The summed E-state index contributed by atoms with van der Waals surface area (Å²) in [5.41, 5.74) is 5.26. The molecule has 192 valence electrons. The first-order chi connectivity index (χ1) is 14.4. The van der Waals surface area contributed by atoms with Crippen molar-refractivity contribution in [1.29, 1.82) is 0 Å². The predicted molar refractivity (Wildman–Crippen MR) is 164 cm³/mol. The SMILES string of the molecule is C[SiH](C)c1c(C(C)(C)C)ccc(CP(C(C)(C)C)C(C)(C)C)c1CP(C(C)(C)C)C(C)(C)C. The molecule has 0 amide bonds. The largest absolute Gasteiger partial charge is 0.0911 e. The third-order valence-corrected chi connectivity index (χ3v) is 16.3. The van der Waals surface area contributed by atoms with Gasteiger partial charge in [-0.15, -0.1) is 0 Å². The minimum atomic E-state index is -1.01. The van der Waals surface area contributed by atoms with Crippen LogP contribution in [-0.2, 0) is 17.7 Å². The lowest BCUT2D eigenvalue weighted by Gasteiger charge is -2.44. The van der Waals surface area contributed by atoms with Gasteiger partial charge in [0.25, 0.3) is 0 Å². The van der Waals surface area contributed by atoms with Crippen LogP contribution in [0.1, 0.15) is 121 Å². The zero-order valence-electron chi connectivity index (χ0n) is 25.5. The van der Waals surface area contributed by atoms with E-state index in [9.17, 15) is 0 Å². The maximum Gasteiger partial charge on any atom is 0.0655 e. The monoisotopic (exact) mass is 508 g/mol. The van der Waals surface area contributed by atoms with Crippen molar-refractivity contribution in [1.82, 2.24) is 0 Å². The molecule has 0 bridgehead atoms. The molecule has 0 aliphatic carbocycles. The second-order valence-electron chi connectivity index (χ2n) is 15.4. The third kappa shape index (κ3) is 8.43. The van der Waals surface area contributed by atoms with E-state index in [0.29, 0.717) is 20.6 Å². The van der Waals surface area contributed by atoms with Crippen molar-refractivity contribution in [3.05, 3.63) is 28.8 Å². The van der Waals surface area contributed by atoms with E-state index < -0.39 is 8.80 Å². The molecule has 0 aromatic heterocycles. The van der Waals surface area contributed by atoms with Crippen molar-refractivity contribution in [3.8, 4) is 0 Å². The Hall–Kier alpha value is 0.297. The van der Waals surface area contributed by atoms with Gasteiger partial charge in [0.2, 0.25) is 0 Å². The van der Waals surface area contributed by atoms with Crippen LogP contribution in [0.3, 0.4) is 0 Å². The van der Waals surface area contributed by atoms with E-state index in [1.807, 2.05) is 0 Å². The van der Waals surface area contributed by atoms with Gasteiger partial charge in [-0.05, 0) is 55.1 Å². The molecular formula is C30H58P2Si. The highest BCUT2D eigenvalue weighted by atomic mass is 31.1. The first kappa shape index (κ1) is 31.3. The van der Waals surface area contributed by atoms with E-state index in [1.165, 1.54) is 12.3 Å². The van der Waals surface area contributed by atoms with Gasteiger partial charge >= 0.3 is 0 Å². The number of hydrogen-bond donors (Lipinski definition) is 0. The highest BCUT2D eigenvalue weighted by molar-refractivity contribution is 7.60. The molecule has 0 N–H and O–H groups in total. The zero-order chi connectivity index (χ0) is 26.4. The maximum atomic E-state index is 2.56. The Kier molecular flexibility index (Phi) is 9.82. The molecule has 0 saturated carbocycles. The van der Waals surface area contributed by atoms with Crippen LogP contribution in [0.2, 0.25) is 13.1 Å². The molecule has 0 heterocycles. The van der Waals surface area contributed by atoms with Crippen LogP contribution in [0.25, 0.3) is 0 Å².